The number of carbonyl (C=O) groups is 3. The number of anilines is 2. The zero-order valence-corrected chi connectivity index (χ0v) is 20.2. The van der Waals surface area contributed by atoms with Crippen LogP contribution in [-0.2, 0) is 24.1 Å². The Balaban J connectivity index is 1.74. The van der Waals surface area contributed by atoms with Crippen LogP contribution in [0.5, 0.6) is 0 Å². The van der Waals surface area contributed by atoms with Gasteiger partial charge in [0, 0.05) is 12.7 Å². The largest absolute Gasteiger partial charge is 0.455 e. The number of ether oxygens (including phenoxy) is 2. The van der Waals surface area contributed by atoms with Gasteiger partial charge in [-0.3, -0.25) is 9.69 Å². The highest BCUT2D eigenvalue weighted by Crippen LogP contribution is 2.32. The quantitative estimate of drug-likeness (QED) is 0.569. The number of nitrogens with zero attached hydrogens (tertiary/aromatic N) is 2. The Kier molecular flexibility index (Phi) is 7.26. The molecular formula is C21H23F4N3O7S. The number of halogens is 4. The number of carbonyl (C=O) groups excluding carboxylic acids is 3. The van der Waals surface area contributed by atoms with Crippen LogP contribution in [0.1, 0.15) is 20.8 Å². The molecule has 198 valence electrons. The first-order chi connectivity index (χ1) is 16.5. The first-order valence-electron chi connectivity index (χ1n) is 10.6. The predicted molar refractivity (Wildman–Crippen MR) is 119 cm³/mol. The van der Waals surface area contributed by atoms with Crippen LogP contribution in [0.25, 0.3) is 0 Å². The van der Waals surface area contributed by atoms with Crippen LogP contribution in [0.2, 0.25) is 0 Å². The van der Waals surface area contributed by atoms with Gasteiger partial charge < -0.3 is 19.7 Å². The Morgan fingerprint density at radius 3 is 2.47 bits per heavy atom. The zero-order chi connectivity index (χ0) is 27.1. The molecule has 0 spiro atoms. The fourth-order valence-electron chi connectivity index (χ4n) is 3.39. The van der Waals surface area contributed by atoms with E-state index >= 15 is 0 Å². The molecule has 1 N–H and O–H groups in total. The molecule has 1 atom stereocenters. The maximum absolute atomic E-state index is 14.9. The number of hydrogen-bond donors (Lipinski definition) is 1. The fourth-order valence-corrected chi connectivity index (χ4v) is 4.73. The lowest BCUT2D eigenvalue weighted by Gasteiger charge is -2.27. The van der Waals surface area contributed by atoms with Crippen molar-refractivity contribution >= 4 is 39.2 Å². The van der Waals surface area contributed by atoms with Gasteiger partial charge in [0.15, 0.2) is 9.84 Å². The summed E-state index contributed by atoms with van der Waals surface area (Å²) in [6.45, 7) is 4.53. The lowest BCUT2D eigenvalue weighted by Crippen LogP contribution is -2.38. The number of alkyl halides is 3. The first-order valence-corrected chi connectivity index (χ1v) is 12.2. The van der Waals surface area contributed by atoms with Gasteiger partial charge in [-0.25, -0.2) is 22.4 Å². The number of alkyl carbamates (subject to hydrolysis) is 1. The van der Waals surface area contributed by atoms with E-state index in [0.29, 0.717) is 6.20 Å². The highest BCUT2D eigenvalue weighted by Gasteiger charge is 2.46. The van der Waals surface area contributed by atoms with Crippen LogP contribution in [0, 0.1) is 5.82 Å². The number of benzene rings is 1. The van der Waals surface area contributed by atoms with Gasteiger partial charge in [-0.05, 0) is 39.0 Å². The lowest BCUT2D eigenvalue weighted by atomic mass is 10.2. The fraction of sp³-hybridized carbons (Fsp3) is 0.476. The first kappa shape index (κ1) is 27.2. The van der Waals surface area contributed by atoms with Crippen LogP contribution in [0.4, 0.5) is 38.5 Å². The summed E-state index contributed by atoms with van der Waals surface area (Å²) >= 11 is 0. The molecule has 15 heteroatoms. The molecule has 0 saturated carbocycles. The Hall–Kier alpha value is -3.36. The second kappa shape index (κ2) is 9.59. The van der Waals surface area contributed by atoms with Crippen LogP contribution in [0.15, 0.2) is 29.3 Å². The predicted octanol–water partition coefficient (Wildman–Crippen LogP) is 2.88. The van der Waals surface area contributed by atoms with Gasteiger partial charge in [0.05, 0.1) is 30.2 Å². The van der Waals surface area contributed by atoms with E-state index in [9.17, 15) is 40.4 Å². The minimum atomic E-state index is -5.42. The molecule has 36 heavy (non-hydrogen) atoms. The van der Waals surface area contributed by atoms with E-state index in [0.717, 1.165) is 21.9 Å². The summed E-state index contributed by atoms with van der Waals surface area (Å²) < 4.78 is 87.6. The number of allylic oxidation sites excluding steroid dienone is 1. The Labute approximate surface area is 203 Å². The van der Waals surface area contributed by atoms with Gasteiger partial charge in [-0.1, -0.05) is 0 Å². The van der Waals surface area contributed by atoms with E-state index in [1.54, 1.807) is 20.8 Å². The second-order valence-corrected chi connectivity index (χ2v) is 11.0. The van der Waals surface area contributed by atoms with Gasteiger partial charge in [0.1, 0.15) is 22.4 Å². The van der Waals surface area contributed by atoms with Crippen LogP contribution in [-0.4, -0.2) is 69.7 Å². The van der Waals surface area contributed by atoms with Crippen LogP contribution >= 0.6 is 0 Å². The van der Waals surface area contributed by atoms with Crippen molar-refractivity contribution < 1.29 is 49.8 Å². The van der Waals surface area contributed by atoms with E-state index in [-0.39, 0.29) is 24.5 Å². The normalized spacial score (nSPS) is 20.0. The molecule has 0 unspecified atom stereocenters. The number of nitrogens with one attached hydrogen (secondary N) is 1. The van der Waals surface area contributed by atoms with Crippen LogP contribution < -0.4 is 15.1 Å². The van der Waals surface area contributed by atoms with Crippen molar-refractivity contribution in [3.05, 3.63) is 35.1 Å². The molecule has 0 bridgehead atoms. The van der Waals surface area contributed by atoms with E-state index in [1.807, 2.05) is 0 Å². The highest BCUT2D eigenvalue weighted by molar-refractivity contribution is 7.96. The summed E-state index contributed by atoms with van der Waals surface area (Å²) in [5, 5.41) is 2.46. The number of rotatable bonds is 5. The molecule has 3 rings (SSSR count). The second-order valence-electron chi connectivity index (χ2n) is 8.97. The lowest BCUT2D eigenvalue weighted by molar-refractivity contribution is -0.165. The van der Waals surface area contributed by atoms with Crippen molar-refractivity contribution in [1.29, 1.82) is 0 Å². The minimum absolute atomic E-state index is 0.0422. The number of amides is 2. The molecule has 2 aliphatic rings. The Bertz CT molecular complexity index is 1210. The molecule has 1 aromatic carbocycles. The Morgan fingerprint density at radius 2 is 1.89 bits per heavy atom. The Morgan fingerprint density at radius 1 is 1.22 bits per heavy atom. The number of hydrogen-bond acceptors (Lipinski definition) is 8. The standard InChI is InChI=1S/C21H23F4N3O7S/c1-20(2,3)35-18(30)26-9-13-10-28(19(31)34-13)12-4-5-15(14(22)8-12)27-6-7-36(32,33)16(11-27)17(29)21(23,24)25/h4-5,8,11,13H,6-7,9-10H2,1-3H3,(H,26,30)/t13-/m0/s1. The van der Waals surface area contributed by atoms with Crippen molar-refractivity contribution in [2.45, 2.75) is 38.7 Å². The molecule has 0 radical (unpaired) electrons. The maximum atomic E-state index is 14.9. The van der Waals surface area contributed by atoms with Gasteiger partial charge in [0.2, 0.25) is 0 Å². The minimum Gasteiger partial charge on any atom is -0.444 e. The van der Waals surface area contributed by atoms with Gasteiger partial charge >= 0.3 is 18.4 Å². The zero-order valence-electron chi connectivity index (χ0n) is 19.4. The van der Waals surface area contributed by atoms with Crippen molar-refractivity contribution in [2.75, 3.05) is 35.2 Å². The monoisotopic (exact) mass is 537 g/mol. The van der Waals surface area contributed by atoms with E-state index < -0.39 is 68.7 Å². The third-order valence-electron chi connectivity index (χ3n) is 4.99. The maximum Gasteiger partial charge on any atom is 0.455 e. The molecule has 2 aliphatic heterocycles. The van der Waals surface area contributed by atoms with E-state index in [1.165, 1.54) is 6.07 Å². The topological polar surface area (TPSA) is 122 Å². The highest BCUT2D eigenvalue weighted by atomic mass is 32.2. The number of ketones is 1. The van der Waals surface area contributed by atoms with Crippen molar-refractivity contribution in [3.8, 4) is 0 Å². The SMILES string of the molecule is CC(C)(C)OC(=O)NC[C@H]1CN(c2ccc(N3C=C(C(=O)C(F)(F)F)S(=O)(=O)CC3)c(F)c2)C(=O)O1. The summed E-state index contributed by atoms with van der Waals surface area (Å²) in [4.78, 5) is 36.1. The van der Waals surface area contributed by atoms with E-state index in [4.69, 9.17) is 9.47 Å². The van der Waals surface area contributed by atoms with Gasteiger partial charge in [0.25, 0.3) is 5.78 Å². The van der Waals surface area contributed by atoms with Crippen molar-refractivity contribution in [1.82, 2.24) is 5.32 Å². The molecule has 2 amide bonds. The molecule has 0 aromatic heterocycles. The molecule has 1 aromatic rings. The molecule has 1 saturated heterocycles. The van der Waals surface area contributed by atoms with Gasteiger partial charge in [-0.2, -0.15) is 13.2 Å². The molecule has 10 nitrogen and oxygen atoms in total. The third kappa shape index (κ3) is 6.25. The van der Waals surface area contributed by atoms with Crippen molar-refractivity contribution in [2.24, 2.45) is 0 Å². The average Bonchev–Trinajstić information content (AvgIpc) is 3.10. The summed E-state index contributed by atoms with van der Waals surface area (Å²) in [5.41, 5.74) is -0.964. The third-order valence-corrected chi connectivity index (χ3v) is 6.67. The summed E-state index contributed by atoms with van der Waals surface area (Å²) in [6, 6.07) is 3.34. The summed E-state index contributed by atoms with van der Waals surface area (Å²) in [7, 11) is -4.50. The smallest absolute Gasteiger partial charge is 0.444 e. The van der Waals surface area contributed by atoms with E-state index in [2.05, 4.69) is 5.32 Å². The molecule has 1 fully saturated rings. The van der Waals surface area contributed by atoms with Crippen LogP contribution in [0.3, 0.4) is 0 Å². The summed E-state index contributed by atoms with van der Waals surface area (Å²) in [6.07, 6.45) is -7.27. The van der Waals surface area contributed by atoms with Crippen molar-refractivity contribution in [3.63, 3.8) is 0 Å². The average molecular weight is 537 g/mol. The molecule has 2 heterocycles. The van der Waals surface area contributed by atoms with Gasteiger partial charge in [-0.15, -0.1) is 0 Å². The molecular weight excluding hydrogens is 514 g/mol. The summed E-state index contributed by atoms with van der Waals surface area (Å²) in [5.74, 6) is -4.35. The number of sulfone groups is 1. The number of cyclic esters (lactones) is 1. The number of Topliss-reactive ketones (excluding diaryl/α,β-unsaturated/α-hetero) is 1. The molecule has 0 aliphatic carbocycles.